The molecule has 2 heterocycles. The van der Waals surface area contributed by atoms with Crippen LogP contribution in [0.2, 0.25) is 0 Å². The fraction of sp³-hybridized carbons (Fsp3) is 0.0769. The van der Waals surface area contributed by atoms with Crippen LogP contribution >= 0.6 is 15.9 Å². The highest BCUT2D eigenvalue weighted by Crippen LogP contribution is 2.26. The zero-order valence-electron chi connectivity index (χ0n) is 10.2. The molecule has 20 heavy (non-hydrogen) atoms. The molecule has 1 aromatic heterocycles. The molecule has 2 N–H and O–H groups in total. The molecular formula is C13H9BrN4O2. The lowest BCUT2D eigenvalue weighted by Crippen LogP contribution is -2.29. The van der Waals surface area contributed by atoms with Crippen molar-refractivity contribution in [1.29, 1.82) is 0 Å². The van der Waals surface area contributed by atoms with Gasteiger partial charge in [-0.05, 0) is 18.2 Å². The molecule has 0 bridgehead atoms. The van der Waals surface area contributed by atoms with Crippen molar-refractivity contribution in [3.8, 4) is 0 Å². The van der Waals surface area contributed by atoms with E-state index >= 15 is 0 Å². The Morgan fingerprint density at radius 2 is 1.85 bits per heavy atom. The van der Waals surface area contributed by atoms with Crippen molar-refractivity contribution in [2.75, 3.05) is 5.73 Å². The molecule has 1 aliphatic heterocycles. The SMILES string of the molecule is Nc1cnc(CN2C(=O)c3ccc(Br)cc3C2=O)cn1. The monoisotopic (exact) mass is 332 g/mol. The third kappa shape index (κ3) is 2.05. The van der Waals surface area contributed by atoms with Crippen molar-refractivity contribution in [3.63, 3.8) is 0 Å². The van der Waals surface area contributed by atoms with Crippen molar-refractivity contribution in [1.82, 2.24) is 14.9 Å². The number of carbonyl (C=O) groups is 2. The Bertz CT molecular complexity index is 715. The number of anilines is 1. The molecule has 100 valence electrons. The highest BCUT2D eigenvalue weighted by Gasteiger charge is 2.35. The van der Waals surface area contributed by atoms with Gasteiger partial charge in [-0.3, -0.25) is 19.5 Å². The molecule has 0 fully saturated rings. The first-order chi connectivity index (χ1) is 9.56. The van der Waals surface area contributed by atoms with E-state index in [4.69, 9.17) is 5.73 Å². The van der Waals surface area contributed by atoms with E-state index in [-0.39, 0.29) is 18.4 Å². The highest BCUT2D eigenvalue weighted by molar-refractivity contribution is 9.10. The minimum atomic E-state index is -0.329. The first kappa shape index (κ1) is 12.7. The Morgan fingerprint density at radius 1 is 1.10 bits per heavy atom. The molecule has 0 spiro atoms. The van der Waals surface area contributed by atoms with Gasteiger partial charge in [0.25, 0.3) is 11.8 Å². The third-order valence-corrected chi connectivity index (χ3v) is 3.47. The van der Waals surface area contributed by atoms with Crippen LogP contribution < -0.4 is 5.73 Å². The van der Waals surface area contributed by atoms with Gasteiger partial charge in [0.1, 0.15) is 5.82 Å². The molecule has 2 amide bonds. The number of halogens is 1. The number of rotatable bonds is 2. The van der Waals surface area contributed by atoms with Gasteiger partial charge < -0.3 is 5.73 Å². The van der Waals surface area contributed by atoms with Gasteiger partial charge in [0, 0.05) is 4.47 Å². The van der Waals surface area contributed by atoms with Gasteiger partial charge in [0.05, 0.1) is 35.8 Å². The second-order valence-corrected chi connectivity index (χ2v) is 5.23. The number of hydrogen-bond donors (Lipinski definition) is 1. The Labute approximate surface area is 122 Å². The van der Waals surface area contributed by atoms with Crippen molar-refractivity contribution >= 4 is 33.6 Å². The normalized spacial score (nSPS) is 13.8. The number of benzene rings is 1. The molecule has 0 atom stereocenters. The molecular weight excluding hydrogens is 324 g/mol. The maximum atomic E-state index is 12.2. The van der Waals surface area contributed by atoms with E-state index in [9.17, 15) is 9.59 Å². The molecule has 1 aromatic carbocycles. The summed E-state index contributed by atoms with van der Waals surface area (Å²) in [5, 5.41) is 0. The Balaban J connectivity index is 1.91. The van der Waals surface area contributed by atoms with Crippen LogP contribution in [0, 0.1) is 0 Å². The molecule has 7 heteroatoms. The zero-order valence-corrected chi connectivity index (χ0v) is 11.8. The van der Waals surface area contributed by atoms with Gasteiger partial charge in [-0.15, -0.1) is 0 Å². The third-order valence-electron chi connectivity index (χ3n) is 2.98. The largest absolute Gasteiger partial charge is 0.382 e. The van der Waals surface area contributed by atoms with Crippen molar-refractivity contribution in [2.45, 2.75) is 6.54 Å². The van der Waals surface area contributed by atoms with Crippen LogP contribution in [0.3, 0.4) is 0 Å². The number of hydrogen-bond acceptors (Lipinski definition) is 5. The second-order valence-electron chi connectivity index (χ2n) is 4.32. The first-order valence-electron chi connectivity index (χ1n) is 5.78. The summed E-state index contributed by atoms with van der Waals surface area (Å²) in [5.41, 5.74) is 6.76. The summed E-state index contributed by atoms with van der Waals surface area (Å²) < 4.78 is 0.756. The van der Waals surface area contributed by atoms with Crippen LogP contribution in [0.1, 0.15) is 26.4 Å². The number of aromatic nitrogens is 2. The summed E-state index contributed by atoms with van der Waals surface area (Å²) in [6.07, 6.45) is 2.85. The minimum absolute atomic E-state index is 0.0806. The molecule has 1 aliphatic rings. The lowest BCUT2D eigenvalue weighted by atomic mass is 10.1. The fourth-order valence-corrected chi connectivity index (χ4v) is 2.38. The minimum Gasteiger partial charge on any atom is -0.382 e. The van der Waals surface area contributed by atoms with E-state index in [0.29, 0.717) is 22.6 Å². The van der Waals surface area contributed by atoms with Gasteiger partial charge in [-0.25, -0.2) is 4.98 Å². The standard InChI is InChI=1S/C13H9BrN4O2/c14-7-1-2-9-10(3-7)13(20)18(12(9)19)6-8-4-17-11(15)5-16-8/h1-5H,6H2,(H2,15,17). The van der Waals surface area contributed by atoms with E-state index < -0.39 is 0 Å². The van der Waals surface area contributed by atoms with Crippen LogP contribution in [0.15, 0.2) is 35.1 Å². The number of carbonyl (C=O) groups excluding carboxylic acids is 2. The Kier molecular flexibility index (Phi) is 2.98. The van der Waals surface area contributed by atoms with Crippen molar-refractivity contribution in [3.05, 3.63) is 51.9 Å². The van der Waals surface area contributed by atoms with Crippen LogP contribution in [-0.2, 0) is 6.54 Å². The van der Waals surface area contributed by atoms with Crippen LogP contribution in [0.5, 0.6) is 0 Å². The molecule has 6 nitrogen and oxygen atoms in total. The van der Waals surface area contributed by atoms with E-state index in [1.807, 2.05) is 0 Å². The van der Waals surface area contributed by atoms with Crippen molar-refractivity contribution < 1.29 is 9.59 Å². The summed E-state index contributed by atoms with van der Waals surface area (Å²) in [7, 11) is 0. The summed E-state index contributed by atoms with van der Waals surface area (Å²) in [6, 6.07) is 5.01. The zero-order chi connectivity index (χ0) is 14.3. The van der Waals surface area contributed by atoms with Gasteiger partial charge >= 0.3 is 0 Å². The predicted molar refractivity (Wildman–Crippen MR) is 74.8 cm³/mol. The summed E-state index contributed by atoms with van der Waals surface area (Å²) in [4.78, 5) is 33.5. The summed E-state index contributed by atoms with van der Waals surface area (Å²) >= 11 is 3.29. The lowest BCUT2D eigenvalue weighted by molar-refractivity contribution is 0.0640. The maximum absolute atomic E-state index is 12.2. The quantitative estimate of drug-likeness (QED) is 0.844. The first-order valence-corrected chi connectivity index (χ1v) is 6.57. The molecule has 0 radical (unpaired) electrons. The van der Waals surface area contributed by atoms with Gasteiger partial charge in [-0.1, -0.05) is 15.9 Å². The average molecular weight is 333 g/mol. The number of fused-ring (bicyclic) bond motifs is 1. The lowest BCUT2D eigenvalue weighted by Gasteiger charge is -2.12. The average Bonchev–Trinajstić information content (AvgIpc) is 2.66. The molecule has 0 unspecified atom stereocenters. The molecule has 0 aliphatic carbocycles. The second kappa shape index (κ2) is 4.68. The maximum Gasteiger partial charge on any atom is 0.261 e. The Hall–Kier alpha value is -2.28. The molecule has 0 saturated carbocycles. The number of nitrogens with zero attached hydrogens (tertiary/aromatic N) is 3. The van der Waals surface area contributed by atoms with Crippen LogP contribution in [0.4, 0.5) is 5.82 Å². The van der Waals surface area contributed by atoms with Gasteiger partial charge in [0.15, 0.2) is 0 Å². The van der Waals surface area contributed by atoms with E-state index in [2.05, 4.69) is 25.9 Å². The fourth-order valence-electron chi connectivity index (χ4n) is 2.01. The van der Waals surface area contributed by atoms with Gasteiger partial charge in [-0.2, -0.15) is 0 Å². The molecule has 0 saturated heterocycles. The smallest absolute Gasteiger partial charge is 0.261 e. The van der Waals surface area contributed by atoms with Crippen LogP contribution in [-0.4, -0.2) is 26.7 Å². The number of nitrogen functional groups attached to an aromatic ring is 1. The van der Waals surface area contributed by atoms with Crippen molar-refractivity contribution in [2.24, 2.45) is 0 Å². The van der Waals surface area contributed by atoms with E-state index in [0.717, 1.165) is 9.37 Å². The molecule has 2 aromatic rings. The van der Waals surface area contributed by atoms with E-state index in [1.165, 1.54) is 12.4 Å². The van der Waals surface area contributed by atoms with Crippen LogP contribution in [0.25, 0.3) is 0 Å². The number of amides is 2. The molecule has 3 rings (SSSR count). The summed E-state index contributed by atoms with van der Waals surface area (Å²) in [5.74, 6) is -0.360. The number of imide groups is 1. The highest BCUT2D eigenvalue weighted by atomic mass is 79.9. The van der Waals surface area contributed by atoms with E-state index in [1.54, 1.807) is 18.2 Å². The predicted octanol–water partition coefficient (Wildman–Crippen LogP) is 1.62. The van der Waals surface area contributed by atoms with Gasteiger partial charge in [0.2, 0.25) is 0 Å². The topological polar surface area (TPSA) is 89.2 Å². The summed E-state index contributed by atoms with van der Waals surface area (Å²) in [6.45, 7) is 0.0806. The number of nitrogens with two attached hydrogens (primary N) is 1. The Morgan fingerprint density at radius 3 is 2.55 bits per heavy atom.